The zero-order valence-electron chi connectivity index (χ0n) is 13.9. The number of carbonyl (C=O) groups is 2. The lowest BCUT2D eigenvalue weighted by atomic mass is 10.2. The Morgan fingerprint density at radius 3 is 2.15 bits per heavy atom. The van der Waals surface area contributed by atoms with Crippen LogP contribution in [0.25, 0.3) is 0 Å². The van der Waals surface area contributed by atoms with Gasteiger partial charge in [0.2, 0.25) is 10.0 Å². The number of hydrogen-bond acceptors (Lipinski definition) is 9. The Hall–Kier alpha value is -2.79. The van der Waals surface area contributed by atoms with Gasteiger partial charge in [-0.3, -0.25) is 0 Å². The van der Waals surface area contributed by atoms with Gasteiger partial charge in [0.25, 0.3) is 5.79 Å². The molecular formula is C15H16N2O8S. The number of benzene rings is 1. The molecular weight excluding hydrogens is 368 g/mol. The standard InChI is InChI=1S/C15H16N2O8S/c1-15(2)24-13(18)8(14(19)25-15)7-17-9-5-10-11(23-4-3-22-10)6-12(9)26(16,20)21/h5-7,17H,3-4H2,1-2H3,(H2,16,20,21). The molecule has 0 radical (unpaired) electrons. The van der Waals surface area contributed by atoms with Gasteiger partial charge in [-0.2, -0.15) is 0 Å². The molecule has 140 valence electrons. The summed E-state index contributed by atoms with van der Waals surface area (Å²) in [4.78, 5) is 23.6. The number of carbonyl (C=O) groups excluding carboxylic acids is 2. The van der Waals surface area contributed by atoms with Crippen molar-refractivity contribution in [2.75, 3.05) is 18.5 Å². The second kappa shape index (κ2) is 6.18. The first-order chi connectivity index (χ1) is 12.1. The van der Waals surface area contributed by atoms with Crippen molar-refractivity contribution >= 4 is 27.6 Å². The maximum atomic E-state index is 11.9. The van der Waals surface area contributed by atoms with Crippen molar-refractivity contribution in [1.82, 2.24) is 0 Å². The third-order valence-electron chi connectivity index (χ3n) is 3.44. The van der Waals surface area contributed by atoms with Crippen molar-refractivity contribution in [2.45, 2.75) is 24.5 Å². The zero-order valence-corrected chi connectivity index (χ0v) is 14.7. The molecule has 2 heterocycles. The van der Waals surface area contributed by atoms with Crippen LogP contribution >= 0.6 is 0 Å². The van der Waals surface area contributed by atoms with Crippen molar-refractivity contribution in [3.63, 3.8) is 0 Å². The average molecular weight is 384 g/mol. The molecule has 1 aromatic carbocycles. The highest BCUT2D eigenvalue weighted by Gasteiger charge is 2.39. The summed E-state index contributed by atoms with van der Waals surface area (Å²) in [7, 11) is -4.13. The maximum Gasteiger partial charge on any atom is 0.350 e. The number of hydrogen-bond donors (Lipinski definition) is 2. The average Bonchev–Trinajstić information content (AvgIpc) is 2.51. The van der Waals surface area contributed by atoms with Crippen molar-refractivity contribution in [1.29, 1.82) is 0 Å². The fraction of sp³-hybridized carbons (Fsp3) is 0.333. The second-order valence-electron chi connectivity index (χ2n) is 5.92. The van der Waals surface area contributed by atoms with Crippen LogP contribution in [0.1, 0.15) is 13.8 Å². The largest absolute Gasteiger partial charge is 0.486 e. The minimum atomic E-state index is -4.13. The van der Waals surface area contributed by atoms with Gasteiger partial charge in [-0.15, -0.1) is 0 Å². The predicted molar refractivity (Wildman–Crippen MR) is 86.8 cm³/mol. The van der Waals surface area contributed by atoms with Gasteiger partial charge in [-0.1, -0.05) is 0 Å². The lowest BCUT2D eigenvalue weighted by Gasteiger charge is -2.29. The predicted octanol–water partition coefficient (Wildman–Crippen LogP) is 0.237. The van der Waals surface area contributed by atoms with E-state index in [0.717, 1.165) is 6.20 Å². The molecule has 11 heteroatoms. The number of anilines is 1. The van der Waals surface area contributed by atoms with E-state index < -0.39 is 33.3 Å². The lowest BCUT2D eigenvalue weighted by Crippen LogP contribution is -2.42. The summed E-state index contributed by atoms with van der Waals surface area (Å²) in [5, 5.41) is 7.79. The normalized spacial score (nSPS) is 18.7. The Kier molecular flexibility index (Phi) is 4.28. The fourth-order valence-electron chi connectivity index (χ4n) is 2.35. The van der Waals surface area contributed by atoms with E-state index in [0.29, 0.717) is 5.75 Å². The first-order valence-corrected chi connectivity index (χ1v) is 9.01. The fourth-order valence-corrected chi connectivity index (χ4v) is 3.04. The van der Waals surface area contributed by atoms with E-state index in [1.807, 2.05) is 0 Å². The molecule has 1 saturated heterocycles. The smallest absolute Gasteiger partial charge is 0.350 e. The number of nitrogens with one attached hydrogen (secondary N) is 1. The molecule has 26 heavy (non-hydrogen) atoms. The molecule has 1 aromatic rings. The minimum absolute atomic E-state index is 0.00492. The Morgan fingerprint density at radius 2 is 1.62 bits per heavy atom. The molecule has 0 aliphatic carbocycles. The van der Waals surface area contributed by atoms with E-state index >= 15 is 0 Å². The van der Waals surface area contributed by atoms with Crippen LogP contribution in [0.4, 0.5) is 5.69 Å². The van der Waals surface area contributed by atoms with Gasteiger partial charge in [-0.05, 0) is 0 Å². The Balaban J connectivity index is 1.97. The first kappa shape index (κ1) is 18.0. The van der Waals surface area contributed by atoms with Gasteiger partial charge in [-0.25, -0.2) is 23.1 Å². The number of fused-ring (bicyclic) bond motifs is 1. The summed E-state index contributed by atoms with van der Waals surface area (Å²) in [6.07, 6.45) is 0.986. The topological polar surface area (TPSA) is 143 Å². The van der Waals surface area contributed by atoms with Gasteiger partial charge in [0.1, 0.15) is 18.1 Å². The number of rotatable bonds is 3. The Bertz CT molecular complexity index is 898. The molecule has 0 spiro atoms. The molecule has 10 nitrogen and oxygen atoms in total. The van der Waals surface area contributed by atoms with Crippen molar-refractivity contribution in [3.05, 3.63) is 23.9 Å². The van der Waals surface area contributed by atoms with Crippen LogP contribution < -0.4 is 19.9 Å². The molecule has 0 unspecified atom stereocenters. The summed E-state index contributed by atoms with van der Waals surface area (Å²) in [5.74, 6) is -2.69. The van der Waals surface area contributed by atoms with Gasteiger partial charge in [0, 0.05) is 32.2 Å². The Morgan fingerprint density at radius 1 is 1.08 bits per heavy atom. The number of cyclic esters (lactones) is 2. The molecule has 0 amide bonds. The highest BCUT2D eigenvalue weighted by molar-refractivity contribution is 7.89. The highest BCUT2D eigenvalue weighted by atomic mass is 32.2. The molecule has 0 bridgehead atoms. The van der Waals surface area contributed by atoms with Crippen molar-refractivity contribution < 1.29 is 37.0 Å². The first-order valence-electron chi connectivity index (χ1n) is 7.47. The highest BCUT2D eigenvalue weighted by Crippen LogP contribution is 2.37. The van der Waals surface area contributed by atoms with Gasteiger partial charge in [0.05, 0.1) is 5.69 Å². The van der Waals surface area contributed by atoms with Crippen LogP contribution in [0.3, 0.4) is 0 Å². The molecule has 2 aliphatic rings. The summed E-state index contributed by atoms with van der Waals surface area (Å²) in [5.41, 5.74) is -0.436. The third kappa shape index (κ3) is 3.58. The SMILES string of the molecule is CC1(C)OC(=O)C(=CNc2cc3c(cc2S(N)(=O)=O)OCCO3)C(=O)O1. The van der Waals surface area contributed by atoms with E-state index in [-0.39, 0.29) is 29.5 Å². The Labute approximate surface area is 148 Å². The van der Waals surface area contributed by atoms with Crippen LogP contribution in [0.5, 0.6) is 11.5 Å². The second-order valence-corrected chi connectivity index (χ2v) is 7.45. The number of ether oxygens (including phenoxy) is 4. The third-order valence-corrected chi connectivity index (χ3v) is 4.39. The molecule has 1 fully saturated rings. The number of nitrogens with two attached hydrogens (primary N) is 1. The summed E-state index contributed by atoms with van der Waals surface area (Å²) in [6.45, 7) is 3.37. The molecule has 0 saturated carbocycles. The van der Waals surface area contributed by atoms with E-state index in [1.165, 1.54) is 26.0 Å². The molecule has 3 rings (SSSR count). The quantitative estimate of drug-likeness (QED) is 0.425. The van der Waals surface area contributed by atoms with E-state index in [9.17, 15) is 18.0 Å². The maximum absolute atomic E-state index is 11.9. The monoisotopic (exact) mass is 384 g/mol. The lowest BCUT2D eigenvalue weighted by molar-refractivity contribution is -0.222. The van der Waals surface area contributed by atoms with E-state index in [1.54, 1.807) is 0 Å². The minimum Gasteiger partial charge on any atom is -0.486 e. The summed E-state index contributed by atoms with van der Waals surface area (Å²) < 4.78 is 44.3. The van der Waals surface area contributed by atoms with Gasteiger partial charge in [0.15, 0.2) is 17.1 Å². The van der Waals surface area contributed by atoms with E-state index in [2.05, 4.69) is 5.32 Å². The van der Waals surface area contributed by atoms with Crippen LogP contribution in [0.15, 0.2) is 28.8 Å². The van der Waals surface area contributed by atoms with Gasteiger partial charge >= 0.3 is 11.9 Å². The summed E-state index contributed by atoms with van der Waals surface area (Å²) >= 11 is 0. The van der Waals surface area contributed by atoms with Crippen LogP contribution in [-0.2, 0) is 29.1 Å². The van der Waals surface area contributed by atoms with Crippen LogP contribution in [0.2, 0.25) is 0 Å². The number of esters is 2. The summed E-state index contributed by atoms with van der Waals surface area (Å²) in [6, 6.07) is 2.54. The van der Waals surface area contributed by atoms with Gasteiger partial charge < -0.3 is 24.3 Å². The van der Waals surface area contributed by atoms with Crippen LogP contribution in [-0.4, -0.2) is 39.4 Å². The zero-order chi connectivity index (χ0) is 19.1. The van der Waals surface area contributed by atoms with Crippen molar-refractivity contribution in [2.24, 2.45) is 5.14 Å². The molecule has 0 atom stereocenters. The van der Waals surface area contributed by atoms with Crippen LogP contribution in [0, 0.1) is 0 Å². The molecule has 0 aromatic heterocycles. The van der Waals surface area contributed by atoms with Crippen molar-refractivity contribution in [3.8, 4) is 11.5 Å². The molecule has 2 aliphatic heterocycles. The van der Waals surface area contributed by atoms with E-state index in [4.69, 9.17) is 24.1 Å². The molecule has 3 N–H and O–H groups in total. The number of sulfonamides is 1. The number of primary sulfonamides is 1.